The fourth-order valence-electron chi connectivity index (χ4n) is 1.11. The fourth-order valence-corrected chi connectivity index (χ4v) is 1.86. The largest absolute Gasteiger partial charge is 0.379 e. The van der Waals surface area contributed by atoms with Crippen molar-refractivity contribution in [3.63, 3.8) is 0 Å². The second-order valence-electron chi connectivity index (χ2n) is 4.30. The molecule has 0 saturated heterocycles. The molecule has 0 fully saturated rings. The van der Waals surface area contributed by atoms with Crippen LogP contribution < -0.4 is 5.32 Å². The normalized spacial score (nSPS) is 11.8. The Labute approximate surface area is 107 Å². The minimum atomic E-state index is -0.129. The summed E-state index contributed by atoms with van der Waals surface area (Å²) in [4.78, 5) is 0. The van der Waals surface area contributed by atoms with Crippen LogP contribution in [0.5, 0.6) is 0 Å². The summed E-state index contributed by atoms with van der Waals surface area (Å²) in [6.45, 7) is 8.16. The number of anilines is 1. The van der Waals surface area contributed by atoms with Gasteiger partial charge < -0.3 is 14.8 Å². The average molecular weight is 259 g/mol. The third kappa shape index (κ3) is 5.43. The lowest BCUT2D eigenvalue weighted by Crippen LogP contribution is -2.24. The summed E-state index contributed by atoms with van der Waals surface area (Å²) in [5.41, 5.74) is -0.129. The number of ether oxygens (including phenoxy) is 2. The van der Waals surface area contributed by atoms with Gasteiger partial charge in [-0.25, -0.2) is 0 Å². The quantitative estimate of drug-likeness (QED) is 0.726. The lowest BCUT2D eigenvalue weighted by molar-refractivity contribution is -0.0125. The molecule has 1 aromatic rings. The molecule has 0 aliphatic rings. The summed E-state index contributed by atoms with van der Waals surface area (Å²) in [6, 6.07) is 0. The maximum Gasteiger partial charge on any atom is 0.205 e. The molecule has 5 nitrogen and oxygen atoms in total. The zero-order chi connectivity index (χ0) is 12.7. The van der Waals surface area contributed by atoms with Gasteiger partial charge in [-0.2, -0.15) is 0 Å². The van der Waals surface area contributed by atoms with Gasteiger partial charge in [-0.1, -0.05) is 11.3 Å². The maximum absolute atomic E-state index is 5.55. The van der Waals surface area contributed by atoms with Crippen molar-refractivity contribution < 1.29 is 9.47 Å². The van der Waals surface area contributed by atoms with Crippen LogP contribution in [0.4, 0.5) is 5.13 Å². The van der Waals surface area contributed by atoms with Gasteiger partial charge in [0, 0.05) is 20.3 Å². The van der Waals surface area contributed by atoms with Crippen LogP contribution in [-0.4, -0.2) is 36.1 Å². The minimum Gasteiger partial charge on any atom is -0.379 e. The van der Waals surface area contributed by atoms with Gasteiger partial charge in [-0.15, -0.1) is 10.2 Å². The van der Waals surface area contributed by atoms with Crippen LogP contribution in [0, 0.1) is 0 Å². The highest BCUT2D eigenvalue weighted by atomic mass is 32.1. The molecule has 6 heteroatoms. The van der Waals surface area contributed by atoms with E-state index in [1.54, 1.807) is 7.11 Å². The van der Waals surface area contributed by atoms with Crippen molar-refractivity contribution in [3.05, 3.63) is 5.01 Å². The van der Waals surface area contributed by atoms with Crippen molar-refractivity contribution in [2.45, 2.75) is 39.4 Å². The fraction of sp³-hybridized carbons (Fsp3) is 0.818. The van der Waals surface area contributed by atoms with Crippen LogP contribution in [0.15, 0.2) is 0 Å². The summed E-state index contributed by atoms with van der Waals surface area (Å²) < 4.78 is 10.9. The first-order valence-electron chi connectivity index (χ1n) is 5.76. The Bertz CT molecular complexity index is 328. The zero-order valence-corrected chi connectivity index (χ0v) is 11.8. The second-order valence-corrected chi connectivity index (χ2v) is 5.36. The molecule has 0 aromatic carbocycles. The molecule has 0 saturated carbocycles. The van der Waals surface area contributed by atoms with Crippen molar-refractivity contribution in [2.75, 3.05) is 25.6 Å². The predicted octanol–water partition coefficient (Wildman–Crippen LogP) is 2.30. The molecule has 0 spiro atoms. The van der Waals surface area contributed by atoms with Crippen LogP contribution in [0.2, 0.25) is 0 Å². The van der Waals surface area contributed by atoms with Crippen molar-refractivity contribution >= 4 is 16.5 Å². The molecule has 98 valence electrons. The molecule has 0 aliphatic carbocycles. The number of nitrogens with zero attached hydrogens (tertiary/aromatic N) is 2. The third-order valence-corrected chi connectivity index (χ3v) is 3.28. The summed E-state index contributed by atoms with van der Waals surface area (Å²) in [6.07, 6.45) is 0.863. The molecule has 1 aromatic heterocycles. The van der Waals surface area contributed by atoms with Crippen LogP contribution >= 0.6 is 11.3 Å². The number of methoxy groups -OCH3 is 1. The Morgan fingerprint density at radius 1 is 1.35 bits per heavy atom. The number of aromatic nitrogens is 2. The molecule has 1 rings (SSSR count). The van der Waals surface area contributed by atoms with Crippen LogP contribution in [0.3, 0.4) is 0 Å². The highest BCUT2D eigenvalue weighted by molar-refractivity contribution is 7.15. The lowest BCUT2D eigenvalue weighted by Gasteiger charge is -2.22. The standard InChI is InChI=1S/C11H21N3O2S/c1-5-12-10-14-13-9(17-10)8-16-7-6-11(2,3)15-4/h5-8H2,1-4H3,(H,12,14). The molecule has 0 amide bonds. The van der Waals surface area contributed by atoms with Crippen LogP contribution in [-0.2, 0) is 16.1 Å². The van der Waals surface area contributed by atoms with E-state index in [9.17, 15) is 0 Å². The molecule has 1 N–H and O–H groups in total. The van der Waals surface area contributed by atoms with Gasteiger partial charge in [0.25, 0.3) is 0 Å². The number of nitrogens with one attached hydrogen (secondary N) is 1. The molecular weight excluding hydrogens is 238 g/mol. The molecule has 0 aliphatic heterocycles. The van der Waals surface area contributed by atoms with Crippen molar-refractivity contribution in [2.24, 2.45) is 0 Å². The van der Waals surface area contributed by atoms with E-state index in [4.69, 9.17) is 9.47 Å². The zero-order valence-electron chi connectivity index (χ0n) is 10.9. The van der Waals surface area contributed by atoms with E-state index in [0.29, 0.717) is 13.2 Å². The highest BCUT2D eigenvalue weighted by Gasteiger charge is 2.15. The highest BCUT2D eigenvalue weighted by Crippen LogP contribution is 2.17. The molecule has 0 atom stereocenters. The van der Waals surface area contributed by atoms with E-state index < -0.39 is 0 Å². The Kier molecular flexibility index (Phi) is 5.80. The third-order valence-electron chi connectivity index (χ3n) is 2.42. The van der Waals surface area contributed by atoms with Crippen LogP contribution in [0.25, 0.3) is 0 Å². The SMILES string of the molecule is CCNc1nnc(COCCC(C)(C)OC)s1. The van der Waals surface area contributed by atoms with E-state index in [1.165, 1.54) is 11.3 Å². The van der Waals surface area contributed by atoms with E-state index in [2.05, 4.69) is 15.5 Å². The first-order valence-corrected chi connectivity index (χ1v) is 6.58. The summed E-state index contributed by atoms with van der Waals surface area (Å²) in [7, 11) is 1.72. The topological polar surface area (TPSA) is 56.3 Å². The van der Waals surface area contributed by atoms with E-state index in [1.807, 2.05) is 20.8 Å². The molecule has 0 bridgehead atoms. The maximum atomic E-state index is 5.55. The first-order chi connectivity index (χ1) is 8.07. The van der Waals surface area contributed by atoms with Gasteiger partial charge in [-0.3, -0.25) is 0 Å². The number of hydrogen-bond donors (Lipinski definition) is 1. The molecular formula is C11H21N3O2S. The lowest BCUT2D eigenvalue weighted by atomic mass is 10.1. The summed E-state index contributed by atoms with van der Waals surface area (Å²) >= 11 is 1.53. The minimum absolute atomic E-state index is 0.129. The van der Waals surface area contributed by atoms with Gasteiger partial charge >= 0.3 is 0 Å². The molecule has 0 unspecified atom stereocenters. The van der Waals surface area contributed by atoms with Gasteiger partial charge in [0.05, 0.1) is 5.60 Å². The smallest absolute Gasteiger partial charge is 0.205 e. The average Bonchev–Trinajstić information content (AvgIpc) is 2.73. The monoisotopic (exact) mass is 259 g/mol. The van der Waals surface area contributed by atoms with Crippen molar-refractivity contribution in [1.29, 1.82) is 0 Å². The van der Waals surface area contributed by atoms with E-state index in [-0.39, 0.29) is 5.60 Å². The van der Waals surface area contributed by atoms with E-state index >= 15 is 0 Å². The molecule has 1 heterocycles. The summed E-state index contributed by atoms with van der Waals surface area (Å²) in [5, 5.41) is 12.9. The van der Waals surface area contributed by atoms with Gasteiger partial charge in [0.15, 0.2) is 0 Å². The second kappa shape index (κ2) is 6.88. The van der Waals surface area contributed by atoms with Crippen molar-refractivity contribution in [3.8, 4) is 0 Å². The van der Waals surface area contributed by atoms with Gasteiger partial charge in [-0.05, 0) is 27.2 Å². The molecule has 17 heavy (non-hydrogen) atoms. The van der Waals surface area contributed by atoms with Gasteiger partial charge in [0.1, 0.15) is 11.6 Å². The Hall–Kier alpha value is -0.720. The Morgan fingerprint density at radius 2 is 2.12 bits per heavy atom. The Morgan fingerprint density at radius 3 is 2.76 bits per heavy atom. The number of hydrogen-bond acceptors (Lipinski definition) is 6. The van der Waals surface area contributed by atoms with Gasteiger partial charge in [0.2, 0.25) is 5.13 Å². The van der Waals surface area contributed by atoms with E-state index in [0.717, 1.165) is 23.1 Å². The van der Waals surface area contributed by atoms with Crippen LogP contribution in [0.1, 0.15) is 32.2 Å². The molecule has 0 radical (unpaired) electrons. The number of rotatable bonds is 8. The predicted molar refractivity (Wildman–Crippen MR) is 69.4 cm³/mol. The van der Waals surface area contributed by atoms with Crippen molar-refractivity contribution in [1.82, 2.24) is 10.2 Å². The summed E-state index contributed by atoms with van der Waals surface area (Å²) in [5.74, 6) is 0. The Balaban J connectivity index is 2.22. The first kappa shape index (κ1) is 14.3.